The molecule has 2 rings (SSSR count). The largest absolute Gasteiger partial charge is 0.491 e. The Bertz CT molecular complexity index is 670. The highest BCUT2D eigenvalue weighted by molar-refractivity contribution is 5.46. The summed E-state index contributed by atoms with van der Waals surface area (Å²) in [5.74, 6) is 0.797. The van der Waals surface area contributed by atoms with E-state index in [0.717, 1.165) is 0 Å². The Labute approximate surface area is 117 Å². The van der Waals surface area contributed by atoms with Gasteiger partial charge in [-0.2, -0.15) is 5.26 Å². The fourth-order valence-corrected chi connectivity index (χ4v) is 1.85. The molecular weight excluding hydrogens is 252 g/mol. The standard InChI is InChI=1S/C16H16N2O2/c1-13(9-10-17)12-20-15-7-3-2-6-14(15)18-11-5-4-8-16(18)19/h2-8,11,13H,9,12H2,1H3. The molecule has 0 spiro atoms. The van der Waals surface area contributed by atoms with E-state index in [4.69, 9.17) is 10.00 Å². The maximum atomic E-state index is 11.9. The molecule has 1 atom stereocenters. The third-order valence-electron chi connectivity index (χ3n) is 2.91. The van der Waals surface area contributed by atoms with Crippen molar-refractivity contribution in [1.82, 2.24) is 4.57 Å². The van der Waals surface area contributed by atoms with Crippen LogP contribution >= 0.6 is 0 Å². The predicted molar refractivity (Wildman–Crippen MR) is 76.9 cm³/mol. The molecule has 0 N–H and O–H groups in total. The number of nitriles is 1. The molecule has 0 aliphatic rings. The second-order valence-corrected chi connectivity index (χ2v) is 4.66. The van der Waals surface area contributed by atoms with Crippen molar-refractivity contribution in [2.75, 3.05) is 6.61 Å². The van der Waals surface area contributed by atoms with Gasteiger partial charge < -0.3 is 4.74 Å². The first-order valence-corrected chi connectivity index (χ1v) is 6.49. The molecule has 2 aromatic rings. The van der Waals surface area contributed by atoms with Crippen molar-refractivity contribution in [2.45, 2.75) is 13.3 Å². The van der Waals surface area contributed by atoms with Gasteiger partial charge in [0.1, 0.15) is 5.75 Å². The van der Waals surface area contributed by atoms with Crippen molar-refractivity contribution < 1.29 is 4.74 Å². The fourth-order valence-electron chi connectivity index (χ4n) is 1.85. The normalized spacial score (nSPS) is 11.6. The van der Waals surface area contributed by atoms with E-state index >= 15 is 0 Å². The second kappa shape index (κ2) is 6.58. The van der Waals surface area contributed by atoms with Crippen molar-refractivity contribution in [2.24, 2.45) is 5.92 Å². The summed E-state index contributed by atoms with van der Waals surface area (Å²) in [7, 11) is 0. The average molecular weight is 268 g/mol. The van der Waals surface area contributed by atoms with Crippen LogP contribution in [0.5, 0.6) is 5.75 Å². The third kappa shape index (κ3) is 3.27. The fraction of sp³-hybridized carbons (Fsp3) is 0.250. The molecule has 0 amide bonds. The SMILES string of the molecule is CC(CC#N)COc1ccccc1-n1ccccc1=O. The molecule has 0 saturated heterocycles. The number of hydrogen-bond acceptors (Lipinski definition) is 3. The van der Waals surface area contributed by atoms with E-state index in [1.165, 1.54) is 6.07 Å². The maximum Gasteiger partial charge on any atom is 0.255 e. The molecule has 0 saturated carbocycles. The number of benzene rings is 1. The topological polar surface area (TPSA) is 55.0 Å². The van der Waals surface area contributed by atoms with Gasteiger partial charge in [0.15, 0.2) is 0 Å². The van der Waals surface area contributed by atoms with Crippen molar-refractivity contribution in [3.05, 3.63) is 59.0 Å². The number of pyridine rings is 1. The number of para-hydroxylation sites is 2. The summed E-state index contributed by atoms with van der Waals surface area (Å²) in [5.41, 5.74) is 0.607. The van der Waals surface area contributed by atoms with Crippen LogP contribution in [-0.2, 0) is 0 Å². The molecule has 20 heavy (non-hydrogen) atoms. The lowest BCUT2D eigenvalue weighted by molar-refractivity contribution is 0.262. The molecule has 0 aliphatic heterocycles. The number of hydrogen-bond donors (Lipinski definition) is 0. The van der Waals surface area contributed by atoms with Gasteiger partial charge in [-0.1, -0.05) is 25.1 Å². The Balaban J connectivity index is 2.26. The van der Waals surface area contributed by atoms with Crippen LogP contribution in [0, 0.1) is 17.2 Å². The average Bonchev–Trinajstić information content (AvgIpc) is 2.46. The van der Waals surface area contributed by atoms with Crippen molar-refractivity contribution >= 4 is 0 Å². The summed E-state index contributed by atoms with van der Waals surface area (Å²) in [6.45, 7) is 2.41. The van der Waals surface area contributed by atoms with Gasteiger partial charge in [0.25, 0.3) is 5.56 Å². The lowest BCUT2D eigenvalue weighted by Gasteiger charge is -2.14. The Morgan fingerprint density at radius 3 is 2.75 bits per heavy atom. The van der Waals surface area contributed by atoms with E-state index in [9.17, 15) is 4.79 Å². The zero-order chi connectivity index (χ0) is 14.4. The summed E-state index contributed by atoms with van der Waals surface area (Å²) < 4.78 is 7.30. The van der Waals surface area contributed by atoms with Gasteiger partial charge in [0.2, 0.25) is 0 Å². The highest BCUT2D eigenvalue weighted by Crippen LogP contribution is 2.21. The summed E-state index contributed by atoms with van der Waals surface area (Å²) >= 11 is 0. The molecule has 1 heterocycles. The first kappa shape index (κ1) is 13.9. The molecule has 0 bridgehead atoms. The van der Waals surface area contributed by atoms with E-state index in [0.29, 0.717) is 24.5 Å². The molecule has 1 unspecified atom stereocenters. The quantitative estimate of drug-likeness (QED) is 0.837. The van der Waals surface area contributed by atoms with Crippen molar-refractivity contribution in [3.8, 4) is 17.5 Å². The van der Waals surface area contributed by atoms with Crippen LogP contribution in [0.4, 0.5) is 0 Å². The van der Waals surface area contributed by atoms with E-state index < -0.39 is 0 Å². The molecule has 0 aliphatic carbocycles. The Morgan fingerprint density at radius 1 is 1.25 bits per heavy atom. The highest BCUT2D eigenvalue weighted by Gasteiger charge is 2.08. The van der Waals surface area contributed by atoms with Gasteiger partial charge in [-0.05, 0) is 18.2 Å². The minimum atomic E-state index is -0.103. The predicted octanol–water partition coefficient (Wildman–Crippen LogP) is 2.77. The Hall–Kier alpha value is -2.54. The summed E-state index contributed by atoms with van der Waals surface area (Å²) in [4.78, 5) is 11.9. The number of aromatic nitrogens is 1. The van der Waals surface area contributed by atoms with Crippen LogP contribution in [0.1, 0.15) is 13.3 Å². The van der Waals surface area contributed by atoms with Crippen LogP contribution < -0.4 is 10.3 Å². The molecule has 4 nitrogen and oxygen atoms in total. The molecule has 102 valence electrons. The first-order valence-electron chi connectivity index (χ1n) is 6.49. The Kier molecular flexibility index (Phi) is 4.56. The van der Waals surface area contributed by atoms with Crippen molar-refractivity contribution in [3.63, 3.8) is 0 Å². The monoisotopic (exact) mass is 268 g/mol. The van der Waals surface area contributed by atoms with Crippen LogP contribution in [0.25, 0.3) is 5.69 Å². The molecular formula is C16H16N2O2. The van der Waals surface area contributed by atoms with Gasteiger partial charge in [0.05, 0.1) is 18.4 Å². The third-order valence-corrected chi connectivity index (χ3v) is 2.91. The minimum Gasteiger partial charge on any atom is -0.491 e. The van der Waals surface area contributed by atoms with Gasteiger partial charge in [-0.15, -0.1) is 0 Å². The minimum absolute atomic E-state index is 0.103. The van der Waals surface area contributed by atoms with Gasteiger partial charge in [0, 0.05) is 24.6 Å². The molecule has 0 fully saturated rings. The zero-order valence-corrected chi connectivity index (χ0v) is 11.3. The highest BCUT2D eigenvalue weighted by atomic mass is 16.5. The van der Waals surface area contributed by atoms with E-state index in [2.05, 4.69) is 6.07 Å². The summed E-state index contributed by atoms with van der Waals surface area (Å²) in [6.07, 6.45) is 2.16. The van der Waals surface area contributed by atoms with Crippen LogP contribution in [0.2, 0.25) is 0 Å². The lowest BCUT2D eigenvalue weighted by Crippen LogP contribution is -2.17. The van der Waals surface area contributed by atoms with Gasteiger partial charge in [-0.25, -0.2) is 0 Å². The summed E-state index contributed by atoms with van der Waals surface area (Å²) in [5, 5.41) is 8.65. The lowest BCUT2D eigenvalue weighted by atomic mass is 10.1. The van der Waals surface area contributed by atoms with Crippen molar-refractivity contribution in [1.29, 1.82) is 5.26 Å². The van der Waals surface area contributed by atoms with E-state index in [1.54, 1.807) is 22.9 Å². The van der Waals surface area contributed by atoms with Gasteiger partial charge in [-0.3, -0.25) is 9.36 Å². The molecule has 0 radical (unpaired) electrons. The van der Waals surface area contributed by atoms with E-state index in [-0.39, 0.29) is 11.5 Å². The molecule has 1 aromatic carbocycles. The number of rotatable bonds is 5. The molecule has 4 heteroatoms. The first-order chi connectivity index (χ1) is 9.72. The smallest absolute Gasteiger partial charge is 0.255 e. The van der Waals surface area contributed by atoms with Gasteiger partial charge >= 0.3 is 0 Å². The second-order valence-electron chi connectivity index (χ2n) is 4.66. The van der Waals surface area contributed by atoms with Crippen LogP contribution in [0.3, 0.4) is 0 Å². The van der Waals surface area contributed by atoms with Crippen LogP contribution in [0.15, 0.2) is 53.5 Å². The van der Waals surface area contributed by atoms with Crippen LogP contribution in [-0.4, -0.2) is 11.2 Å². The summed E-state index contributed by atoms with van der Waals surface area (Å²) in [6, 6.07) is 14.5. The Morgan fingerprint density at radius 2 is 2.00 bits per heavy atom. The number of nitrogens with zero attached hydrogens (tertiary/aromatic N) is 2. The maximum absolute atomic E-state index is 11.9. The zero-order valence-electron chi connectivity index (χ0n) is 11.3. The molecule has 1 aromatic heterocycles. The number of ether oxygens (including phenoxy) is 1. The van der Waals surface area contributed by atoms with E-state index in [1.807, 2.05) is 31.2 Å².